The van der Waals surface area contributed by atoms with Crippen LogP contribution in [-0.2, 0) is 4.79 Å². The summed E-state index contributed by atoms with van der Waals surface area (Å²) in [4.78, 5) is 15.2. The molecule has 1 aromatic carbocycles. The predicted octanol–water partition coefficient (Wildman–Crippen LogP) is 2.05. The molecule has 4 nitrogen and oxygen atoms in total. The second-order valence-electron chi connectivity index (χ2n) is 5.53. The van der Waals surface area contributed by atoms with Gasteiger partial charge in [0.1, 0.15) is 12.0 Å². The van der Waals surface area contributed by atoms with Crippen molar-refractivity contribution in [2.45, 2.75) is 19.3 Å². The van der Waals surface area contributed by atoms with Crippen molar-refractivity contribution in [2.75, 3.05) is 45.9 Å². The Morgan fingerprint density at radius 3 is 2.38 bits per heavy atom. The SMILES string of the molecule is O=CCN1CCN(CCCCCOc2ccccc2)CC1. The van der Waals surface area contributed by atoms with Crippen LogP contribution in [0.5, 0.6) is 5.75 Å². The molecule has 1 aliphatic heterocycles. The summed E-state index contributed by atoms with van der Waals surface area (Å²) in [5, 5.41) is 0. The zero-order chi connectivity index (χ0) is 14.8. The molecule has 1 heterocycles. The summed E-state index contributed by atoms with van der Waals surface area (Å²) in [6.45, 7) is 6.79. The molecule has 1 saturated heterocycles. The van der Waals surface area contributed by atoms with Crippen LogP contribution < -0.4 is 4.74 Å². The van der Waals surface area contributed by atoms with Crippen molar-refractivity contribution in [1.29, 1.82) is 0 Å². The fraction of sp³-hybridized carbons (Fsp3) is 0.588. The Balaban J connectivity index is 1.46. The van der Waals surface area contributed by atoms with Gasteiger partial charge >= 0.3 is 0 Å². The average Bonchev–Trinajstić information content (AvgIpc) is 2.53. The van der Waals surface area contributed by atoms with Gasteiger partial charge in [0.2, 0.25) is 0 Å². The van der Waals surface area contributed by atoms with Gasteiger partial charge in [0.15, 0.2) is 0 Å². The molecule has 0 aromatic heterocycles. The van der Waals surface area contributed by atoms with Gasteiger partial charge in [-0.25, -0.2) is 0 Å². The van der Waals surface area contributed by atoms with Crippen LogP contribution in [-0.4, -0.2) is 62.0 Å². The Morgan fingerprint density at radius 2 is 1.67 bits per heavy atom. The van der Waals surface area contributed by atoms with E-state index in [9.17, 15) is 4.79 Å². The Morgan fingerprint density at radius 1 is 0.952 bits per heavy atom. The number of unbranched alkanes of at least 4 members (excludes halogenated alkanes) is 2. The van der Waals surface area contributed by atoms with Crippen LogP contribution in [0.3, 0.4) is 0 Å². The first-order chi connectivity index (χ1) is 10.4. The van der Waals surface area contributed by atoms with Gasteiger partial charge in [-0.2, -0.15) is 0 Å². The van der Waals surface area contributed by atoms with E-state index in [0.717, 1.165) is 51.2 Å². The molecule has 0 atom stereocenters. The van der Waals surface area contributed by atoms with E-state index < -0.39 is 0 Å². The third-order valence-corrected chi connectivity index (χ3v) is 3.93. The summed E-state index contributed by atoms with van der Waals surface area (Å²) in [5.74, 6) is 0.962. The van der Waals surface area contributed by atoms with E-state index in [1.165, 1.54) is 19.4 Å². The third-order valence-electron chi connectivity index (χ3n) is 3.93. The number of carbonyl (C=O) groups excluding carboxylic acids is 1. The summed E-state index contributed by atoms with van der Waals surface area (Å²) >= 11 is 0. The van der Waals surface area contributed by atoms with Crippen molar-refractivity contribution in [3.8, 4) is 5.75 Å². The number of ether oxygens (including phenoxy) is 1. The fourth-order valence-corrected chi connectivity index (χ4v) is 2.62. The van der Waals surface area contributed by atoms with E-state index in [0.29, 0.717) is 6.54 Å². The summed E-state index contributed by atoms with van der Waals surface area (Å²) in [5.41, 5.74) is 0. The van der Waals surface area contributed by atoms with Gasteiger partial charge in [-0.1, -0.05) is 18.2 Å². The lowest BCUT2D eigenvalue weighted by molar-refractivity contribution is -0.109. The normalized spacial score (nSPS) is 16.8. The Kier molecular flexibility index (Phi) is 7.25. The van der Waals surface area contributed by atoms with Gasteiger partial charge in [0.25, 0.3) is 0 Å². The molecule has 1 aliphatic rings. The molecule has 0 bridgehead atoms. The summed E-state index contributed by atoms with van der Waals surface area (Å²) in [6.07, 6.45) is 4.55. The monoisotopic (exact) mass is 290 g/mol. The number of rotatable bonds is 9. The minimum atomic E-state index is 0.588. The first-order valence-electron chi connectivity index (χ1n) is 7.94. The molecule has 0 N–H and O–H groups in total. The van der Waals surface area contributed by atoms with Crippen molar-refractivity contribution in [3.63, 3.8) is 0 Å². The molecule has 116 valence electrons. The highest BCUT2D eigenvalue weighted by Crippen LogP contribution is 2.09. The third kappa shape index (κ3) is 6.27. The number of piperazine rings is 1. The maximum atomic E-state index is 10.5. The van der Waals surface area contributed by atoms with E-state index in [-0.39, 0.29) is 0 Å². The zero-order valence-corrected chi connectivity index (χ0v) is 12.7. The number of nitrogens with zero attached hydrogens (tertiary/aromatic N) is 2. The first kappa shape index (κ1) is 16.0. The van der Waals surface area contributed by atoms with Crippen LogP contribution in [0, 0.1) is 0 Å². The molecule has 0 spiro atoms. The van der Waals surface area contributed by atoms with Gasteiger partial charge in [-0.05, 0) is 37.9 Å². The van der Waals surface area contributed by atoms with Crippen LogP contribution >= 0.6 is 0 Å². The van der Waals surface area contributed by atoms with Gasteiger partial charge < -0.3 is 14.4 Å². The Hall–Kier alpha value is -1.39. The lowest BCUT2D eigenvalue weighted by atomic mass is 10.2. The molecule has 0 unspecified atom stereocenters. The molecular formula is C17H26N2O2. The molecule has 0 amide bonds. The van der Waals surface area contributed by atoms with E-state index in [2.05, 4.69) is 9.80 Å². The molecule has 4 heteroatoms. The van der Waals surface area contributed by atoms with Crippen LogP contribution in [0.1, 0.15) is 19.3 Å². The summed E-state index contributed by atoms with van der Waals surface area (Å²) in [6, 6.07) is 10.00. The van der Waals surface area contributed by atoms with Gasteiger partial charge in [-0.15, -0.1) is 0 Å². The largest absolute Gasteiger partial charge is 0.494 e. The molecule has 1 aromatic rings. The maximum absolute atomic E-state index is 10.5. The van der Waals surface area contributed by atoms with Crippen molar-refractivity contribution >= 4 is 6.29 Å². The molecule has 0 saturated carbocycles. The average molecular weight is 290 g/mol. The second-order valence-corrected chi connectivity index (χ2v) is 5.53. The number of hydrogen-bond donors (Lipinski definition) is 0. The molecule has 2 rings (SSSR count). The zero-order valence-electron chi connectivity index (χ0n) is 12.7. The molecule has 1 fully saturated rings. The number of para-hydroxylation sites is 1. The predicted molar refractivity (Wildman–Crippen MR) is 84.7 cm³/mol. The first-order valence-corrected chi connectivity index (χ1v) is 7.94. The van der Waals surface area contributed by atoms with Gasteiger partial charge in [0, 0.05) is 26.2 Å². The van der Waals surface area contributed by atoms with Crippen LogP contribution in [0.2, 0.25) is 0 Å². The molecule has 0 aliphatic carbocycles. The number of benzene rings is 1. The lowest BCUT2D eigenvalue weighted by Crippen LogP contribution is -2.46. The van der Waals surface area contributed by atoms with E-state index in [4.69, 9.17) is 4.74 Å². The topological polar surface area (TPSA) is 32.8 Å². The highest BCUT2D eigenvalue weighted by Gasteiger charge is 2.15. The highest BCUT2D eigenvalue weighted by molar-refractivity contribution is 5.51. The number of aldehydes is 1. The minimum Gasteiger partial charge on any atom is -0.494 e. The van der Waals surface area contributed by atoms with Crippen LogP contribution in [0.15, 0.2) is 30.3 Å². The van der Waals surface area contributed by atoms with Crippen molar-refractivity contribution < 1.29 is 9.53 Å². The Labute approximate surface area is 127 Å². The maximum Gasteiger partial charge on any atom is 0.133 e. The van der Waals surface area contributed by atoms with E-state index in [1.54, 1.807) is 0 Å². The van der Waals surface area contributed by atoms with E-state index in [1.807, 2.05) is 30.3 Å². The highest BCUT2D eigenvalue weighted by atomic mass is 16.5. The van der Waals surface area contributed by atoms with Gasteiger partial charge in [0.05, 0.1) is 13.2 Å². The van der Waals surface area contributed by atoms with Crippen molar-refractivity contribution in [2.24, 2.45) is 0 Å². The van der Waals surface area contributed by atoms with Crippen molar-refractivity contribution in [1.82, 2.24) is 9.80 Å². The summed E-state index contributed by atoms with van der Waals surface area (Å²) < 4.78 is 5.69. The standard InChI is InChI=1S/C17H26N2O2/c20-15-14-19-12-10-18(11-13-19)9-5-2-6-16-21-17-7-3-1-4-8-17/h1,3-4,7-8,15H,2,5-6,9-14,16H2. The second kappa shape index (κ2) is 9.53. The Bertz CT molecular complexity index is 389. The van der Waals surface area contributed by atoms with Crippen molar-refractivity contribution in [3.05, 3.63) is 30.3 Å². The summed E-state index contributed by atoms with van der Waals surface area (Å²) in [7, 11) is 0. The number of hydrogen-bond acceptors (Lipinski definition) is 4. The van der Waals surface area contributed by atoms with Crippen LogP contribution in [0.4, 0.5) is 0 Å². The van der Waals surface area contributed by atoms with Crippen LogP contribution in [0.25, 0.3) is 0 Å². The quantitative estimate of drug-likeness (QED) is 0.515. The smallest absolute Gasteiger partial charge is 0.133 e. The lowest BCUT2D eigenvalue weighted by Gasteiger charge is -2.33. The number of carbonyl (C=O) groups is 1. The molecule has 21 heavy (non-hydrogen) atoms. The molecule has 0 radical (unpaired) electrons. The minimum absolute atomic E-state index is 0.588. The fourth-order valence-electron chi connectivity index (χ4n) is 2.62. The van der Waals surface area contributed by atoms with Gasteiger partial charge in [-0.3, -0.25) is 4.90 Å². The molecular weight excluding hydrogens is 264 g/mol. The van der Waals surface area contributed by atoms with E-state index >= 15 is 0 Å².